The molecule has 0 aliphatic heterocycles. The summed E-state index contributed by atoms with van der Waals surface area (Å²) in [7, 11) is 1.32. The highest BCUT2D eigenvalue weighted by Crippen LogP contribution is 2.24. The maximum Gasteiger partial charge on any atom is 0.360 e. The number of methoxy groups -OCH3 is 1. The van der Waals surface area contributed by atoms with Crippen LogP contribution < -0.4 is 5.73 Å². The third-order valence-electron chi connectivity index (χ3n) is 2.81. The molecule has 0 bridgehead atoms. The van der Waals surface area contributed by atoms with Crippen molar-refractivity contribution in [2.45, 2.75) is 33.7 Å². The van der Waals surface area contributed by atoms with E-state index in [1.807, 2.05) is 0 Å². The normalized spacial score (nSPS) is 11.5. The Morgan fingerprint density at radius 2 is 2.25 bits per heavy atom. The molecule has 1 aromatic rings. The number of hydrogen-bond donors (Lipinski definition) is 1. The molecule has 1 aromatic heterocycles. The van der Waals surface area contributed by atoms with Crippen LogP contribution in [0.5, 0.6) is 0 Å². The minimum absolute atomic E-state index is 0.127. The molecule has 0 radical (unpaired) electrons. The van der Waals surface area contributed by atoms with Gasteiger partial charge in [-0.2, -0.15) is 0 Å². The Morgan fingerprint density at radius 1 is 1.62 bits per heavy atom. The standard InChI is InChI=1S/C11H19N3O2/c1-5-11(2,3)6-14-7-13-8(9(14)12)10(15)16-4/h7H,5-6,12H2,1-4H3. The van der Waals surface area contributed by atoms with Crippen molar-refractivity contribution in [3.8, 4) is 0 Å². The minimum atomic E-state index is -0.495. The molecule has 2 N–H and O–H groups in total. The average molecular weight is 225 g/mol. The maximum absolute atomic E-state index is 11.3. The summed E-state index contributed by atoms with van der Waals surface area (Å²) in [5.74, 6) is -0.126. The average Bonchev–Trinajstić information content (AvgIpc) is 2.59. The Hall–Kier alpha value is -1.52. The van der Waals surface area contributed by atoms with E-state index in [1.165, 1.54) is 7.11 Å². The number of nitrogen functional groups attached to an aromatic ring is 1. The van der Waals surface area contributed by atoms with Crippen LogP contribution in [-0.2, 0) is 11.3 Å². The van der Waals surface area contributed by atoms with Crippen molar-refractivity contribution in [2.24, 2.45) is 5.41 Å². The van der Waals surface area contributed by atoms with Crippen molar-refractivity contribution in [2.75, 3.05) is 12.8 Å². The van der Waals surface area contributed by atoms with Crippen LogP contribution in [-0.4, -0.2) is 22.6 Å². The quantitative estimate of drug-likeness (QED) is 0.791. The third kappa shape index (κ3) is 2.53. The lowest BCUT2D eigenvalue weighted by atomic mass is 9.90. The highest BCUT2D eigenvalue weighted by molar-refractivity contribution is 5.92. The van der Waals surface area contributed by atoms with Gasteiger partial charge in [-0.1, -0.05) is 20.8 Å². The van der Waals surface area contributed by atoms with E-state index in [1.54, 1.807) is 10.9 Å². The molecule has 0 aromatic carbocycles. The summed E-state index contributed by atoms with van der Waals surface area (Å²) >= 11 is 0. The van der Waals surface area contributed by atoms with Crippen molar-refractivity contribution in [3.05, 3.63) is 12.0 Å². The van der Waals surface area contributed by atoms with Crippen molar-refractivity contribution < 1.29 is 9.53 Å². The lowest BCUT2D eigenvalue weighted by Crippen LogP contribution is -2.19. The SMILES string of the molecule is CCC(C)(C)Cn1cnc(C(=O)OC)c1N. The van der Waals surface area contributed by atoms with Crippen molar-refractivity contribution in [3.63, 3.8) is 0 Å². The van der Waals surface area contributed by atoms with Crippen LogP contribution in [0.1, 0.15) is 37.7 Å². The van der Waals surface area contributed by atoms with Gasteiger partial charge in [0.25, 0.3) is 0 Å². The molecule has 0 aliphatic carbocycles. The van der Waals surface area contributed by atoms with E-state index in [9.17, 15) is 4.79 Å². The summed E-state index contributed by atoms with van der Waals surface area (Å²) in [5, 5.41) is 0. The zero-order valence-electron chi connectivity index (χ0n) is 10.3. The van der Waals surface area contributed by atoms with Crippen LogP contribution in [0.3, 0.4) is 0 Å². The van der Waals surface area contributed by atoms with Crippen molar-refractivity contribution in [1.29, 1.82) is 0 Å². The van der Waals surface area contributed by atoms with Crippen LogP contribution in [0.2, 0.25) is 0 Å². The van der Waals surface area contributed by atoms with Gasteiger partial charge >= 0.3 is 5.97 Å². The number of aromatic nitrogens is 2. The number of hydrogen-bond acceptors (Lipinski definition) is 4. The topological polar surface area (TPSA) is 70.1 Å². The van der Waals surface area contributed by atoms with Crippen LogP contribution in [0.15, 0.2) is 6.33 Å². The molecule has 0 spiro atoms. The molecule has 0 aliphatic rings. The number of carbonyl (C=O) groups excluding carboxylic acids is 1. The van der Waals surface area contributed by atoms with Gasteiger partial charge in [0.05, 0.1) is 13.4 Å². The first-order chi connectivity index (χ1) is 7.41. The molecular formula is C11H19N3O2. The molecular weight excluding hydrogens is 206 g/mol. The van der Waals surface area contributed by atoms with E-state index < -0.39 is 5.97 Å². The number of rotatable bonds is 4. The fraction of sp³-hybridized carbons (Fsp3) is 0.636. The molecule has 0 unspecified atom stereocenters. The second-order valence-electron chi connectivity index (χ2n) is 4.62. The van der Waals surface area contributed by atoms with E-state index in [-0.39, 0.29) is 11.1 Å². The van der Waals surface area contributed by atoms with E-state index in [4.69, 9.17) is 5.73 Å². The van der Waals surface area contributed by atoms with Gasteiger partial charge in [-0.05, 0) is 11.8 Å². The van der Waals surface area contributed by atoms with Crippen molar-refractivity contribution >= 4 is 11.8 Å². The summed E-state index contributed by atoms with van der Waals surface area (Å²) in [5.41, 5.74) is 6.16. The van der Waals surface area contributed by atoms with Gasteiger partial charge in [0.15, 0.2) is 5.69 Å². The van der Waals surface area contributed by atoms with Crippen LogP contribution >= 0.6 is 0 Å². The maximum atomic E-state index is 11.3. The lowest BCUT2D eigenvalue weighted by molar-refractivity contribution is 0.0596. The lowest BCUT2D eigenvalue weighted by Gasteiger charge is -2.23. The number of nitrogens with zero attached hydrogens (tertiary/aromatic N) is 2. The molecule has 1 heterocycles. The van der Waals surface area contributed by atoms with Gasteiger partial charge < -0.3 is 15.0 Å². The number of anilines is 1. The number of imidazole rings is 1. The van der Waals surface area contributed by atoms with Crippen LogP contribution in [0.4, 0.5) is 5.82 Å². The van der Waals surface area contributed by atoms with Crippen molar-refractivity contribution in [1.82, 2.24) is 9.55 Å². The molecule has 0 saturated carbocycles. The van der Waals surface area contributed by atoms with Gasteiger partial charge in [0, 0.05) is 6.54 Å². The van der Waals surface area contributed by atoms with Gasteiger partial charge in [-0.25, -0.2) is 9.78 Å². The smallest absolute Gasteiger partial charge is 0.360 e. The Labute approximate surface area is 95.6 Å². The molecule has 1 rings (SSSR count). The highest BCUT2D eigenvalue weighted by Gasteiger charge is 2.21. The summed E-state index contributed by atoms with van der Waals surface area (Å²) < 4.78 is 6.38. The summed E-state index contributed by atoms with van der Waals surface area (Å²) in [6.45, 7) is 7.14. The van der Waals surface area contributed by atoms with Gasteiger partial charge in [0.2, 0.25) is 0 Å². The van der Waals surface area contributed by atoms with Gasteiger partial charge in [-0.15, -0.1) is 0 Å². The molecule has 0 atom stereocenters. The van der Waals surface area contributed by atoms with E-state index in [0.29, 0.717) is 5.82 Å². The first-order valence-corrected chi connectivity index (χ1v) is 5.30. The molecule has 0 amide bonds. The number of carbonyl (C=O) groups is 1. The highest BCUT2D eigenvalue weighted by atomic mass is 16.5. The third-order valence-corrected chi connectivity index (χ3v) is 2.81. The first kappa shape index (κ1) is 12.5. The second kappa shape index (κ2) is 4.55. The van der Waals surface area contributed by atoms with Crippen LogP contribution in [0.25, 0.3) is 0 Å². The number of nitrogens with two attached hydrogens (primary N) is 1. The summed E-state index contributed by atoms with van der Waals surface area (Å²) in [6, 6.07) is 0. The Morgan fingerprint density at radius 3 is 2.75 bits per heavy atom. The van der Waals surface area contributed by atoms with Crippen LogP contribution in [0, 0.1) is 5.41 Å². The molecule has 16 heavy (non-hydrogen) atoms. The fourth-order valence-corrected chi connectivity index (χ4v) is 1.34. The summed E-state index contributed by atoms with van der Waals surface area (Å²) in [4.78, 5) is 15.3. The molecule has 0 fully saturated rings. The zero-order chi connectivity index (χ0) is 12.3. The number of ether oxygens (including phenoxy) is 1. The number of esters is 1. The Bertz CT molecular complexity index is 383. The largest absolute Gasteiger partial charge is 0.464 e. The Balaban J connectivity index is 2.92. The Kier molecular flexibility index (Phi) is 3.57. The van der Waals surface area contributed by atoms with Gasteiger partial charge in [-0.3, -0.25) is 0 Å². The fourth-order valence-electron chi connectivity index (χ4n) is 1.34. The zero-order valence-corrected chi connectivity index (χ0v) is 10.3. The van der Waals surface area contributed by atoms with E-state index in [0.717, 1.165) is 13.0 Å². The van der Waals surface area contributed by atoms with E-state index in [2.05, 4.69) is 30.5 Å². The molecule has 90 valence electrons. The molecule has 5 heteroatoms. The predicted molar refractivity (Wildman–Crippen MR) is 62.1 cm³/mol. The molecule has 0 saturated heterocycles. The second-order valence-corrected chi connectivity index (χ2v) is 4.62. The van der Waals surface area contributed by atoms with E-state index >= 15 is 0 Å². The van der Waals surface area contributed by atoms with Gasteiger partial charge in [0.1, 0.15) is 5.82 Å². The first-order valence-electron chi connectivity index (χ1n) is 5.30. The summed E-state index contributed by atoms with van der Waals surface area (Å²) in [6.07, 6.45) is 2.61. The monoisotopic (exact) mass is 225 g/mol. The predicted octanol–water partition coefficient (Wildman–Crippen LogP) is 1.69. The minimum Gasteiger partial charge on any atom is -0.464 e. The molecule has 5 nitrogen and oxygen atoms in total.